The summed E-state index contributed by atoms with van der Waals surface area (Å²) in [7, 11) is 0. The molecule has 0 saturated carbocycles. The number of esters is 1. The third-order valence-corrected chi connectivity index (χ3v) is 12.6. The van der Waals surface area contributed by atoms with Gasteiger partial charge >= 0.3 is 5.97 Å². The maximum atomic E-state index is 12.4. The van der Waals surface area contributed by atoms with Gasteiger partial charge in [0, 0.05) is 12.8 Å². The van der Waals surface area contributed by atoms with E-state index in [1.165, 1.54) is 212 Å². The summed E-state index contributed by atoms with van der Waals surface area (Å²) in [5, 5.41) is 23.1. The highest BCUT2D eigenvalue weighted by atomic mass is 16.5. The number of rotatable bonds is 50. The van der Waals surface area contributed by atoms with E-state index in [1.807, 2.05) is 0 Å². The molecule has 6 nitrogen and oxygen atoms in total. The molecular weight excluding hydrogens is 743 g/mol. The van der Waals surface area contributed by atoms with Crippen molar-refractivity contribution in [3.05, 3.63) is 12.2 Å². The van der Waals surface area contributed by atoms with Crippen molar-refractivity contribution < 1.29 is 24.5 Å². The van der Waals surface area contributed by atoms with Crippen LogP contribution >= 0.6 is 0 Å². The molecule has 60 heavy (non-hydrogen) atoms. The van der Waals surface area contributed by atoms with E-state index < -0.39 is 12.1 Å². The first-order chi connectivity index (χ1) is 29.5. The topological polar surface area (TPSA) is 95.9 Å². The number of aliphatic hydroxyl groups excluding tert-OH is 2. The van der Waals surface area contributed by atoms with E-state index in [9.17, 15) is 19.8 Å². The Labute approximate surface area is 374 Å². The van der Waals surface area contributed by atoms with Crippen LogP contribution in [0.25, 0.3) is 0 Å². The highest BCUT2D eigenvalue weighted by Gasteiger charge is 2.20. The number of carbonyl (C=O) groups excluding carboxylic acids is 2. The molecule has 0 spiro atoms. The van der Waals surface area contributed by atoms with Gasteiger partial charge in [-0.2, -0.15) is 0 Å². The molecule has 0 bridgehead atoms. The zero-order valence-electron chi connectivity index (χ0n) is 40.5. The number of amides is 1. The van der Waals surface area contributed by atoms with Crippen molar-refractivity contribution in [2.75, 3.05) is 13.2 Å². The number of ether oxygens (including phenoxy) is 1. The second-order valence-corrected chi connectivity index (χ2v) is 18.6. The summed E-state index contributed by atoms with van der Waals surface area (Å²) < 4.78 is 5.48. The monoisotopic (exact) mass is 848 g/mol. The maximum absolute atomic E-state index is 12.4. The third-order valence-electron chi connectivity index (χ3n) is 12.6. The van der Waals surface area contributed by atoms with Gasteiger partial charge in [-0.15, -0.1) is 0 Å². The molecule has 2 atom stereocenters. The Bertz CT molecular complexity index is 893. The van der Waals surface area contributed by atoms with E-state index in [0.29, 0.717) is 25.9 Å². The Hall–Kier alpha value is -1.40. The summed E-state index contributed by atoms with van der Waals surface area (Å²) in [6.45, 7) is 4.92. The molecule has 0 fully saturated rings. The SMILES string of the molecule is CCCCCCCCCCCCCCCCCCCC(=O)OCCCCCCCC/C=C\CCCCCCCCCC(=O)NC(CO)C(O)CCCCCCCCCCC. The van der Waals surface area contributed by atoms with Crippen molar-refractivity contribution in [2.45, 2.75) is 309 Å². The third kappa shape index (κ3) is 46.1. The zero-order valence-corrected chi connectivity index (χ0v) is 40.5. The van der Waals surface area contributed by atoms with Gasteiger partial charge in [0.15, 0.2) is 0 Å². The van der Waals surface area contributed by atoms with E-state index in [4.69, 9.17) is 4.74 Å². The second kappa shape index (κ2) is 50.2. The first kappa shape index (κ1) is 58.6. The summed E-state index contributed by atoms with van der Waals surface area (Å²) in [6, 6.07) is -0.547. The van der Waals surface area contributed by atoms with Crippen LogP contribution in [-0.2, 0) is 14.3 Å². The van der Waals surface area contributed by atoms with E-state index in [0.717, 1.165) is 51.4 Å². The molecule has 0 aliphatic rings. The standard InChI is InChI=1S/C54H105NO5/c1-3-5-7-9-11-13-14-15-16-18-22-25-28-32-36-40-44-48-54(59)60-49-45-41-37-33-29-26-23-20-17-19-21-24-27-31-35-39-43-47-53(58)55-51(50-56)52(57)46-42-38-34-30-12-10-8-6-4-2/h17,20,51-52,56-57H,3-16,18-19,21-50H2,1-2H3,(H,55,58)/b20-17-. The molecule has 0 aliphatic heterocycles. The van der Waals surface area contributed by atoms with Gasteiger partial charge in [0.2, 0.25) is 5.91 Å². The number of unbranched alkanes of at least 4 members (excludes halogenated alkanes) is 37. The largest absolute Gasteiger partial charge is 0.466 e. The maximum Gasteiger partial charge on any atom is 0.305 e. The Morgan fingerprint density at radius 1 is 0.450 bits per heavy atom. The van der Waals surface area contributed by atoms with Crippen LogP contribution in [0.15, 0.2) is 12.2 Å². The first-order valence-electron chi connectivity index (χ1n) is 26.9. The second-order valence-electron chi connectivity index (χ2n) is 18.6. The minimum Gasteiger partial charge on any atom is -0.466 e. The number of hydrogen-bond acceptors (Lipinski definition) is 5. The smallest absolute Gasteiger partial charge is 0.305 e. The van der Waals surface area contributed by atoms with Crippen molar-refractivity contribution in [1.82, 2.24) is 5.32 Å². The normalized spacial score (nSPS) is 12.7. The van der Waals surface area contributed by atoms with Crippen LogP contribution in [0.3, 0.4) is 0 Å². The summed E-state index contributed by atoms with van der Waals surface area (Å²) in [6.07, 6.45) is 57.7. The molecule has 0 heterocycles. The van der Waals surface area contributed by atoms with Crippen LogP contribution in [0, 0.1) is 0 Å². The minimum atomic E-state index is -0.669. The predicted molar refractivity (Wildman–Crippen MR) is 260 cm³/mol. The lowest BCUT2D eigenvalue weighted by molar-refractivity contribution is -0.143. The predicted octanol–water partition coefficient (Wildman–Crippen LogP) is 16.1. The molecule has 2 unspecified atom stereocenters. The van der Waals surface area contributed by atoms with Crippen LogP contribution in [-0.4, -0.2) is 47.4 Å². The highest BCUT2D eigenvalue weighted by Crippen LogP contribution is 2.17. The summed E-state index contributed by atoms with van der Waals surface area (Å²) in [5.41, 5.74) is 0. The molecule has 0 saturated heterocycles. The van der Waals surface area contributed by atoms with Gasteiger partial charge in [-0.3, -0.25) is 9.59 Å². The number of aliphatic hydroxyl groups is 2. The average molecular weight is 848 g/mol. The molecule has 6 heteroatoms. The lowest BCUT2D eigenvalue weighted by Crippen LogP contribution is -2.45. The quantitative estimate of drug-likeness (QED) is 0.0322. The van der Waals surface area contributed by atoms with Crippen LogP contribution in [0.2, 0.25) is 0 Å². The van der Waals surface area contributed by atoms with Gasteiger partial charge in [0.1, 0.15) is 0 Å². The molecule has 0 aromatic heterocycles. The van der Waals surface area contributed by atoms with Gasteiger partial charge in [-0.25, -0.2) is 0 Å². The summed E-state index contributed by atoms with van der Waals surface area (Å²) in [4.78, 5) is 24.4. The van der Waals surface area contributed by atoms with Gasteiger partial charge < -0.3 is 20.3 Å². The van der Waals surface area contributed by atoms with Gasteiger partial charge in [-0.1, -0.05) is 244 Å². The molecule has 1 amide bonds. The molecular formula is C54H105NO5. The van der Waals surface area contributed by atoms with E-state index in [2.05, 4.69) is 31.3 Å². The molecule has 0 aromatic carbocycles. The van der Waals surface area contributed by atoms with Crippen molar-refractivity contribution in [1.29, 1.82) is 0 Å². The lowest BCUT2D eigenvalue weighted by Gasteiger charge is -2.22. The van der Waals surface area contributed by atoms with Crippen molar-refractivity contribution in [3.63, 3.8) is 0 Å². The Morgan fingerprint density at radius 3 is 1.18 bits per heavy atom. The highest BCUT2D eigenvalue weighted by molar-refractivity contribution is 5.76. The number of carbonyl (C=O) groups is 2. The fraction of sp³-hybridized carbons (Fsp3) is 0.926. The van der Waals surface area contributed by atoms with E-state index in [-0.39, 0.29) is 18.5 Å². The molecule has 0 rings (SSSR count). The number of allylic oxidation sites excluding steroid dienone is 2. The lowest BCUT2D eigenvalue weighted by atomic mass is 10.0. The van der Waals surface area contributed by atoms with Gasteiger partial charge in [0.05, 0.1) is 25.4 Å². The van der Waals surface area contributed by atoms with Gasteiger partial charge in [0.25, 0.3) is 0 Å². The fourth-order valence-electron chi connectivity index (χ4n) is 8.40. The van der Waals surface area contributed by atoms with Crippen LogP contribution < -0.4 is 5.32 Å². The van der Waals surface area contributed by atoms with Crippen molar-refractivity contribution in [3.8, 4) is 0 Å². The van der Waals surface area contributed by atoms with Crippen LogP contribution in [0.4, 0.5) is 0 Å². The molecule has 0 aliphatic carbocycles. The number of hydrogen-bond donors (Lipinski definition) is 3. The molecule has 0 aromatic rings. The minimum absolute atomic E-state index is 0.00206. The summed E-state index contributed by atoms with van der Waals surface area (Å²) in [5.74, 6) is -0.0468. The zero-order chi connectivity index (χ0) is 43.7. The average Bonchev–Trinajstić information content (AvgIpc) is 3.25. The number of nitrogens with one attached hydrogen (secondary N) is 1. The molecule has 356 valence electrons. The molecule has 3 N–H and O–H groups in total. The van der Waals surface area contributed by atoms with Gasteiger partial charge in [-0.05, 0) is 51.4 Å². The molecule has 0 radical (unpaired) electrons. The Morgan fingerprint density at radius 2 is 0.783 bits per heavy atom. The van der Waals surface area contributed by atoms with Crippen molar-refractivity contribution >= 4 is 11.9 Å². The van der Waals surface area contributed by atoms with Crippen LogP contribution in [0.5, 0.6) is 0 Å². The van der Waals surface area contributed by atoms with E-state index in [1.54, 1.807) is 0 Å². The Kier molecular flexibility index (Phi) is 49.1. The van der Waals surface area contributed by atoms with Crippen molar-refractivity contribution in [2.24, 2.45) is 0 Å². The first-order valence-corrected chi connectivity index (χ1v) is 26.9. The van der Waals surface area contributed by atoms with E-state index >= 15 is 0 Å². The Balaban J connectivity index is 3.40. The summed E-state index contributed by atoms with van der Waals surface area (Å²) >= 11 is 0. The fourth-order valence-corrected chi connectivity index (χ4v) is 8.40. The van der Waals surface area contributed by atoms with Crippen LogP contribution in [0.1, 0.15) is 296 Å².